The maximum absolute atomic E-state index is 13.1. The molecule has 0 bridgehead atoms. The molecule has 0 amide bonds. The minimum atomic E-state index is -0.798. The van der Waals surface area contributed by atoms with Gasteiger partial charge in [-0.1, -0.05) is 37.4 Å². The van der Waals surface area contributed by atoms with Crippen molar-refractivity contribution in [2.75, 3.05) is 13.2 Å². The quantitative estimate of drug-likeness (QED) is 0.107. The van der Waals surface area contributed by atoms with E-state index < -0.39 is 11.9 Å². The van der Waals surface area contributed by atoms with Gasteiger partial charge in [-0.05, 0) is 89.2 Å². The van der Waals surface area contributed by atoms with Crippen LogP contribution in [0.2, 0.25) is 0 Å². The lowest BCUT2D eigenvalue weighted by Gasteiger charge is -2.25. The number of hydrogen-bond acceptors (Lipinski definition) is 10. The van der Waals surface area contributed by atoms with E-state index in [1.807, 2.05) is 0 Å². The molecular weight excluding hydrogens is 552 g/mol. The van der Waals surface area contributed by atoms with Crippen LogP contribution >= 0.6 is 23.5 Å². The molecule has 2 saturated carbocycles. The van der Waals surface area contributed by atoms with Crippen LogP contribution in [0.1, 0.15) is 79.1 Å². The topological polar surface area (TPSA) is 105 Å². The van der Waals surface area contributed by atoms with E-state index in [4.69, 9.17) is 18.9 Å². The molecule has 1 aromatic carbocycles. The van der Waals surface area contributed by atoms with E-state index in [2.05, 4.69) is 13.8 Å². The Morgan fingerprint density at radius 1 is 0.675 bits per heavy atom. The summed E-state index contributed by atoms with van der Waals surface area (Å²) >= 11 is 2.24. The van der Waals surface area contributed by atoms with Gasteiger partial charge in [0.05, 0.1) is 39.1 Å². The lowest BCUT2D eigenvalue weighted by molar-refractivity contribution is -0.147. The second-order valence-electron chi connectivity index (χ2n) is 10.8. The third-order valence-electron chi connectivity index (χ3n) is 7.71. The maximum Gasteiger partial charge on any atom is 0.347 e. The van der Waals surface area contributed by atoms with Crippen LogP contribution in [0.25, 0.3) is 0 Å². The number of esters is 4. The predicted octanol–water partition coefficient (Wildman–Crippen LogP) is 6.69. The summed E-state index contributed by atoms with van der Waals surface area (Å²) in [5.74, 6) is -0.736. The summed E-state index contributed by atoms with van der Waals surface area (Å²) in [4.78, 5) is 52.8. The molecule has 4 rings (SSSR count). The first kappa shape index (κ1) is 30.5. The molecule has 0 N–H and O–H groups in total. The Labute approximate surface area is 244 Å². The molecule has 1 aliphatic heterocycles. The zero-order valence-corrected chi connectivity index (χ0v) is 25.3. The number of benzene rings is 1. The second-order valence-corrected chi connectivity index (χ2v) is 13.1. The van der Waals surface area contributed by atoms with E-state index in [0.29, 0.717) is 37.4 Å². The van der Waals surface area contributed by atoms with Crippen LogP contribution < -0.4 is 9.47 Å². The number of thioether (sulfide) groups is 2. The van der Waals surface area contributed by atoms with E-state index in [-0.39, 0.29) is 42.6 Å². The van der Waals surface area contributed by atoms with Crippen molar-refractivity contribution in [1.82, 2.24) is 0 Å². The lowest BCUT2D eigenvalue weighted by atomic mass is 9.83. The monoisotopic (exact) mass is 590 g/mol. The number of carbonyl (C=O) groups excluding carboxylic acids is 4. The normalized spacial score (nSPS) is 24.1. The van der Waals surface area contributed by atoms with Crippen molar-refractivity contribution in [3.63, 3.8) is 0 Å². The first-order valence-electron chi connectivity index (χ1n) is 14.3. The molecule has 8 nitrogen and oxygen atoms in total. The van der Waals surface area contributed by atoms with Gasteiger partial charge in [0.1, 0.15) is 11.5 Å². The third kappa shape index (κ3) is 7.24. The summed E-state index contributed by atoms with van der Waals surface area (Å²) in [6.07, 6.45) is 7.03. The number of rotatable bonds is 8. The van der Waals surface area contributed by atoms with Crippen molar-refractivity contribution in [2.24, 2.45) is 23.7 Å². The average molecular weight is 591 g/mol. The van der Waals surface area contributed by atoms with Gasteiger partial charge in [0.15, 0.2) is 5.57 Å². The second kappa shape index (κ2) is 13.9. The third-order valence-corrected chi connectivity index (χ3v) is 10.3. The molecule has 1 aromatic rings. The van der Waals surface area contributed by atoms with Gasteiger partial charge < -0.3 is 18.9 Å². The van der Waals surface area contributed by atoms with Crippen LogP contribution in [0.5, 0.6) is 11.5 Å². The molecule has 1 heterocycles. The maximum atomic E-state index is 13.1. The molecule has 40 heavy (non-hydrogen) atoms. The average Bonchev–Trinajstić information content (AvgIpc) is 3.36. The Bertz CT molecular complexity index is 1070. The van der Waals surface area contributed by atoms with Crippen molar-refractivity contribution in [3.8, 4) is 11.5 Å². The fourth-order valence-corrected chi connectivity index (χ4v) is 7.85. The number of carbonyl (C=O) groups is 4. The summed E-state index contributed by atoms with van der Waals surface area (Å²) in [5.41, 5.74) is -0.230. The molecule has 0 radical (unpaired) electrons. The highest BCUT2D eigenvalue weighted by atomic mass is 32.2. The number of fused-ring (bicyclic) bond motifs is 1. The van der Waals surface area contributed by atoms with Gasteiger partial charge in [-0.3, -0.25) is 9.59 Å². The first-order chi connectivity index (χ1) is 19.2. The van der Waals surface area contributed by atoms with Crippen molar-refractivity contribution in [3.05, 3.63) is 21.9 Å². The minimum absolute atomic E-state index is 0.0863. The Balaban J connectivity index is 1.66. The zero-order valence-electron chi connectivity index (χ0n) is 23.6. The molecule has 0 atom stereocenters. The molecule has 0 unspecified atom stereocenters. The molecule has 0 saturated heterocycles. The van der Waals surface area contributed by atoms with Crippen LogP contribution in [0.15, 0.2) is 31.7 Å². The van der Waals surface area contributed by atoms with Gasteiger partial charge in [-0.15, -0.1) is 0 Å². The molecule has 218 valence electrons. The fraction of sp³-hybridized carbons (Fsp3) is 0.600. The van der Waals surface area contributed by atoms with E-state index in [9.17, 15) is 19.2 Å². The van der Waals surface area contributed by atoms with Crippen molar-refractivity contribution in [1.29, 1.82) is 0 Å². The van der Waals surface area contributed by atoms with Gasteiger partial charge >= 0.3 is 23.9 Å². The molecule has 0 spiro atoms. The van der Waals surface area contributed by atoms with Crippen LogP contribution in [0, 0.1) is 23.7 Å². The van der Waals surface area contributed by atoms with Crippen molar-refractivity contribution in [2.45, 2.75) is 88.9 Å². The summed E-state index contributed by atoms with van der Waals surface area (Å²) in [5, 5.41) is 0. The lowest BCUT2D eigenvalue weighted by Crippen LogP contribution is -2.25. The van der Waals surface area contributed by atoms with E-state index in [0.717, 1.165) is 74.9 Å². The van der Waals surface area contributed by atoms with Crippen LogP contribution in [-0.4, -0.2) is 37.1 Å². The Morgan fingerprint density at radius 3 is 1.40 bits per heavy atom. The molecule has 3 aliphatic rings. The van der Waals surface area contributed by atoms with Crippen LogP contribution in [0.4, 0.5) is 0 Å². The highest BCUT2D eigenvalue weighted by Gasteiger charge is 2.37. The summed E-state index contributed by atoms with van der Waals surface area (Å²) < 4.78 is 22.4. The molecule has 2 aliphatic carbocycles. The molecular formula is C30H38O8S2. The summed E-state index contributed by atoms with van der Waals surface area (Å²) in [6.45, 7) is 7.86. The van der Waals surface area contributed by atoms with Gasteiger partial charge in [-0.2, -0.15) is 0 Å². The Morgan fingerprint density at radius 2 is 1.05 bits per heavy atom. The smallest absolute Gasteiger partial charge is 0.347 e. The zero-order chi connectivity index (χ0) is 28.8. The molecule has 10 heteroatoms. The number of hydrogen-bond donors (Lipinski definition) is 0. The number of ether oxygens (including phenoxy) is 4. The SMILES string of the molecule is CCOC(=O)C(C(=O)OCC)=C1Sc2c(OC(=O)C3CCC(C)CC3)ccc(OC(=O)C3CCC(C)CC3)c2S1. The van der Waals surface area contributed by atoms with Gasteiger partial charge in [0, 0.05) is 0 Å². The molecule has 2 fully saturated rings. The fourth-order valence-electron chi connectivity index (χ4n) is 5.22. The summed E-state index contributed by atoms with van der Waals surface area (Å²) in [6, 6.07) is 3.25. The highest BCUT2D eigenvalue weighted by molar-refractivity contribution is 8.25. The van der Waals surface area contributed by atoms with Crippen molar-refractivity contribution >= 4 is 47.4 Å². The van der Waals surface area contributed by atoms with E-state index in [1.54, 1.807) is 26.0 Å². The predicted molar refractivity (Wildman–Crippen MR) is 152 cm³/mol. The van der Waals surface area contributed by atoms with Crippen LogP contribution in [-0.2, 0) is 28.7 Å². The van der Waals surface area contributed by atoms with E-state index in [1.165, 1.54) is 0 Å². The Kier molecular flexibility index (Phi) is 10.6. The highest BCUT2D eigenvalue weighted by Crippen LogP contribution is 2.59. The first-order valence-corrected chi connectivity index (χ1v) is 15.9. The summed E-state index contributed by atoms with van der Waals surface area (Å²) in [7, 11) is 0. The van der Waals surface area contributed by atoms with Gasteiger partial charge in [0.2, 0.25) is 0 Å². The van der Waals surface area contributed by atoms with Crippen LogP contribution in [0.3, 0.4) is 0 Å². The largest absolute Gasteiger partial charge is 0.462 e. The van der Waals surface area contributed by atoms with Gasteiger partial charge in [0.25, 0.3) is 0 Å². The Hall–Kier alpha value is -2.46. The standard InChI is InChI=1S/C30H38O8S2/c1-5-35-28(33)23(29(34)36-6-2)30-39-24-21(37-26(31)19-11-7-17(3)8-12-19)15-16-22(25(24)40-30)38-27(32)20-13-9-18(4)10-14-20/h15-20H,5-14H2,1-4H3. The van der Waals surface area contributed by atoms with E-state index >= 15 is 0 Å². The van der Waals surface area contributed by atoms with Gasteiger partial charge in [-0.25, -0.2) is 9.59 Å². The molecule has 0 aromatic heterocycles. The van der Waals surface area contributed by atoms with Crippen molar-refractivity contribution < 1.29 is 38.1 Å². The minimum Gasteiger partial charge on any atom is -0.462 e.